The fourth-order valence-corrected chi connectivity index (χ4v) is 1.42. The second-order valence-electron chi connectivity index (χ2n) is 2.03. The van der Waals surface area contributed by atoms with Crippen LogP contribution in [0.25, 0.3) is 4.91 Å². The minimum absolute atomic E-state index is 0.916. The standard InChI is InChI=1S/C6H6N4S/c1-2-5(9-7-3-1)6-4-8-10-11-6/h1-4,8,10H/p+1. The Morgan fingerprint density at radius 3 is 3.18 bits per heavy atom. The van der Waals surface area contributed by atoms with Crippen LogP contribution in [0.15, 0.2) is 24.5 Å². The predicted molar refractivity (Wildman–Crippen MR) is 42.7 cm³/mol. The van der Waals surface area contributed by atoms with Gasteiger partial charge in [-0.1, -0.05) is 0 Å². The van der Waals surface area contributed by atoms with Gasteiger partial charge in [-0.3, -0.25) is 0 Å². The van der Waals surface area contributed by atoms with E-state index in [1.807, 2.05) is 23.8 Å². The average Bonchev–Trinajstić information content (AvgIpc) is 2.58. The lowest BCUT2D eigenvalue weighted by Crippen LogP contribution is -2.83. The number of quaternary nitrogens is 1. The molecular weight excluding hydrogens is 160 g/mol. The Morgan fingerprint density at radius 2 is 2.55 bits per heavy atom. The topological polar surface area (TPSA) is 54.4 Å². The van der Waals surface area contributed by atoms with Crippen molar-refractivity contribution in [1.82, 2.24) is 15.0 Å². The van der Waals surface area contributed by atoms with Gasteiger partial charge in [0.25, 0.3) is 0 Å². The van der Waals surface area contributed by atoms with Crippen molar-refractivity contribution in [2.75, 3.05) is 0 Å². The highest BCUT2D eigenvalue weighted by Gasteiger charge is 2.11. The van der Waals surface area contributed by atoms with E-state index in [0.29, 0.717) is 0 Å². The zero-order chi connectivity index (χ0) is 7.52. The van der Waals surface area contributed by atoms with Gasteiger partial charge in [0, 0.05) is 18.1 Å². The van der Waals surface area contributed by atoms with Gasteiger partial charge in [0.2, 0.25) is 0 Å². The first-order chi connectivity index (χ1) is 5.47. The molecule has 3 N–H and O–H groups in total. The molecule has 0 amide bonds. The summed E-state index contributed by atoms with van der Waals surface area (Å²) in [6, 6.07) is 3.81. The highest BCUT2D eigenvalue weighted by molar-refractivity contribution is 8.06. The van der Waals surface area contributed by atoms with Crippen LogP contribution in [-0.2, 0) is 0 Å². The molecule has 1 aliphatic rings. The van der Waals surface area contributed by atoms with Crippen molar-refractivity contribution in [3.8, 4) is 0 Å². The molecule has 0 fully saturated rings. The summed E-state index contributed by atoms with van der Waals surface area (Å²) in [5, 5.41) is 7.75. The molecule has 2 rings (SSSR count). The maximum atomic E-state index is 3.96. The van der Waals surface area contributed by atoms with Crippen LogP contribution >= 0.6 is 11.9 Å². The van der Waals surface area contributed by atoms with Crippen molar-refractivity contribution in [3.05, 3.63) is 30.2 Å². The first kappa shape index (κ1) is 6.78. The molecule has 0 bridgehead atoms. The van der Waals surface area contributed by atoms with Crippen LogP contribution < -0.4 is 10.3 Å². The molecule has 0 unspecified atom stereocenters. The van der Waals surface area contributed by atoms with E-state index in [4.69, 9.17) is 0 Å². The third-order valence-corrected chi connectivity index (χ3v) is 2.12. The summed E-state index contributed by atoms with van der Waals surface area (Å²) in [6.07, 6.45) is 3.65. The molecule has 0 radical (unpaired) electrons. The number of rotatable bonds is 1. The average molecular weight is 167 g/mol. The SMILES string of the molecule is C1=C(c2cccnn2)SN[NH2+]1. The Morgan fingerprint density at radius 1 is 1.55 bits per heavy atom. The van der Waals surface area contributed by atoms with E-state index < -0.39 is 0 Å². The fraction of sp³-hybridized carbons (Fsp3) is 0. The second-order valence-corrected chi connectivity index (χ2v) is 2.91. The number of nitrogens with zero attached hydrogens (tertiary/aromatic N) is 2. The first-order valence-corrected chi connectivity index (χ1v) is 4.02. The van der Waals surface area contributed by atoms with Crippen LogP contribution in [0.2, 0.25) is 0 Å². The first-order valence-electron chi connectivity index (χ1n) is 3.21. The fourth-order valence-electron chi connectivity index (χ4n) is 0.812. The van der Waals surface area contributed by atoms with E-state index in [1.54, 1.807) is 18.1 Å². The summed E-state index contributed by atoms with van der Waals surface area (Å²) in [4.78, 5) is 4.11. The van der Waals surface area contributed by atoms with Gasteiger partial charge in [-0.05, 0) is 12.1 Å². The quantitative estimate of drug-likeness (QED) is 0.437. The lowest BCUT2D eigenvalue weighted by molar-refractivity contribution is -0.620. The smallest absolute Gasteiger partial charge is 0.130 e. The highest BCUT2D eigenvalue weighted by Crippen LogP contribution is 2.21. The lowest BCUT2D eigenvalue weighted by atomic mass is 10.4. The van der Waals surface area contributed by atoms with Crippen molar-refractivity contribution in [1.29, 1.82) is 0 Å². The molecule has 0 aromatic carbocycles. The lowest BCUT2D eigenvalue weighted by Gasteiger charge is -1.92. The van der Waals surface area contributed by atoms with Crippen molar-refractivity contribution < 1.29 is 5.43 Å². The zero-order valence-electron chi connectivity index (χ0n) is 5.69. The van der Waals surface area contributed by atoms with Gasteiger partial charge in [0.1, 0.15) is 16.8 Å². The molecule has 4 nitrogen and oxygen atoms in total. The summed E-state index contributed by atoms with van der Waals surface area (Å²) in [7, 11) is 0. The van der Waals surface area contributed by atoms with Gasteiger partial charge < -0.3 is 0 Å². The van der Waals surface area contributed by atoms with Crippen LogP contribution in [0.5, 0.6) is 0 Å². The molecule has 56 valence electrons. The van der Waals surface area contributed by atoms with Gasteiger partial charge in [-0.25, -0.2) is 5.43 Å². The molecule has 1 aromatic heterocycles. The molecule has 5 heteroatoms. The summed E-state index contributed by atoms with van der Waals surface area (Å²) in [5.74, 6) is 0. The molecule has 0 atom stereocenters. The normalized spacial score (nSPS) is 16.5. The molecule has 0 aliphatic carbocycles. The van der Waals surface area contributed by atoms with Crippen LogP contribution in [0.4, 0.5) is 0 Å². The van der Waals surface area contributed by atoms with Crippen LogP contribution in [-0.4, -0.2) is 10.2 Å². The molecule has 0 spiro atoms. The molecule has 1 aromatic rings. The molecule has 11 heavy (non-hydrogen) atoms. The third kappa shape index (κ3) is 1.40. The van der Waals surface area contributed by atoms with E-state index in [0.717, 1.165) is 10.6 Å². The van der Waals surface area contributed by atoms with Crippen molar-refractivity contribution in [2.24, 2.45) is 0 Å². The maximum Gasteiger partial charge on any atom is 0.130 e. The van der Waals surface area contributed by atoms with Crippen molar-refractivity contribution in [3.63, 3.8) is 0 Å². The van der Waals surface area contributed by atoms with Gasteiger partial charge in [0.15, 0.2) is 0 Å². The van der Waals surface area contributed by atoms with E-state index >= 15 is 0 Å². The maximum absolute atomic E-state index is 3.96. The van der Waals surface area contributed by atoms with Crippen molar-refractivity contribution >= 4 is 16.9 Å². The summed E-state index contributed by atoms with van der Waals surface area (Å²) < 4.78 is 0. The van der Waals surface area contributed by atoms with E-state index in [1.165, 1.54) is 0 Å². The molecule has 1 aliphatic heterocycles. The number of nitrogens with two attached hydrogens (primary N) is 1. The zero-order valence-corrected chi connectivity index (χ0v) is 6.51. The van der Waals surface area contributed by atoms with Gasteiger partial charge in [0.05, 0.1) is 0 Å². The van der Waals surface area contributed by atoms with Crippen LogP contribution in [0.3, 0.4) is 0 Å². The number of nitrogens with one attached hydrogen (secondary N) is 1. The Kier molecular flexibility index (Phi) is 1.85. The minimum atomic E-state index is 0.916. The predicted octanol–water partition coefficient (Wildman–Crippen LogP) is -0.495. The Labute approximate surface area is 68.2 Å². The second kappa shape index (κ2) is 3.00. The molecule has 0 saturated heterocycles. The van der Waals surface area contributed by atoms with E-state index in [-0.39, 0.29) is 0 Å². The van der Waals surface area contributed by atoms with Crippen LogP contribution in [0, 0.1) is 0 Å². The van der Waals surface area contributed by atoms with Crippen LogP contribution in [0.1, 0.15) is 5.69 Å². The third-order valence-electron chi connectivity index (χ3n) is 1.30. The number of hydrogen-bond donors (Lipinski definition) is 2. The Balaban J connectivity index is 2.29. The summed E-state index contributed by atoms with van der Waals surface area (Å²) in [6.45, 7) is 0. The number of aromatic nitrogens is 2. The van der Waals surface area contributed by atoms with Gasteiger partial charge in [-0.2, -0.15) is 5.10 Å². The largest absolute Gasteiger partial charge is 0.232 e. The molecule has 0 saturated carbocycles. The molecule has 2 heterocycles. The molecular formula is C6H7N4S+. The van der Waals surface area contributed by atoms with Gasteiger partial charge in [-0.15, -0.1) is 9.93 Å². The summed E-state index contributed by atoms with van der Waals surface area (Å²) in [5.41, 5.74) is 2.80. The van der Waals surface area contributed by atoms with E-state index in [9.17, 15) is 0 Å². The number of hydrogen-bond acceptors (Lipinski definition) is 4. The van der Waals surface area contributed by atoms with Gasteiger partial charge >= 0.3 is 0 Å². The minimum Gasteiger partial charge on any atom is -0.232 e. The Bertz CT molecular complexity index is 271. The highest BCUT2D eigenvalue weighted by atomic mass is 32.2. The van der Waals surface area contributed by atoms with Crippen molar-refractivity contribution in [2.45, 2.75) is 0 Å². The summed E-state index contributed by atoms with van der Waals surface area (Å²) >= 11 is 1.55. The monoisotopic (exact) mass is 167 g/mol. The van der Waals surface area contributed by atoms with E-state index in [2.05, 4.69) is 15.0 Å². The Hall–Kier alpha value is -0.910.